The molecule has 2 N–H and O–H groups in total. The number of methoxy groups -OCH3 is 1. The summed E-state index contributed by atoms with van der Waals surface area (Å²) in [6, 6.07) is 11.7. The van der Waals surface area contributed by atoms with Gasteiger partial charge in [-0.1, -0.05) is 30.3 Å². The Kier molecular flexibility index (Phi) is 3.71. The van der Waals surface area contributed by atoms with Gasteiger partial charge in [-0.05, 0) is 23.3 Å². The van der Waals surface area contributed by atoms with Gasteiger partial charge in [0.1, 0.15) is 5.75 Å². The fourth-order valence-corrected chi connectivity index (χ4v) is 2.75. The molecular formula is C17H17NO4. The second kappa shape index (κ2) is 5.67. The van der Waals surface area contributed by atoms with Crippen LogP contribution in [-0.4, -0.2) is 24.1 Å². The zero-order chi connectivity index (χ0) is 15.7. The summed E-state index contributed by atoms with van der Waals surface area (Å²) in [4.78, 5) is 22.8. The Morgan fingerprint density at radius 1 is 1.23 bits per heavy atom. The maximum Gasteiger partial charge on any atom is 0.307 e. The minimum atomic E-state index is -0.900. The summed E-state index contributed by atoms with van der Waals surface area (Å²) in [6.07, 6.45) is 0.424. The summed E-state index contributed by atoms with van der Waals surface area (Å²) in [5, 5.41) is 13.8. The Bertz CT molecular complexity index is 741. The highest BCUT2D eigenvalue weighted by Gasteiger charge is 2.48. The fraction of sp³-hybridized carbons (Fsp3) is 0.294. The van der Waals surface area contributed by atoms with E-state index in [0.717, 1.165) is 16.3 Å². The number of carboxylic acids is 1. The molecule has 3 rings (SSSR count). The summed E-state index contributed by atoms with van der Waals surface area (Å²) in [7, 11) is 1.59. The first kappa shape index (κ1) is 14.4. The Labute approximate surface area is 127 Å². The molecule has 5 nitrogen and oxygen atoms in total. The van der Waals surface area contributed by atoms with Crippen LogP contribution in [0.15, 0.2) is 36.4 Å². The number of ether oxygens (including phenoxy) is 1. The van der Waals surface area contributed by atoms with Crippen molar-refractivity contribution in [1.29, 1.82) is 0 Å². The van der Waals surface area contributed by atoms with Crippen molar-refractivity contribution in [3.63, 3.8) is 0 Å². The number of benzene rings is 2. The third-order valence-corrected chi connectivity index (χ3v) is 4.10. The lowest BCUT2D eigenvalue weighted by atomic mass is 10.0. The predicted molar refractivity (Wildman–Crippen MR) is 81.6 cm³/mol. The van der Waals surface area contributed by atoms with E-state index in [0.29, 0.717) is 18.7 Å². The smallest absolute Gasteiger partial charge is 0.307 e. The van der Waals surface area contributed by atoms with Gasteiger partial charge >= 0.3 is 5.97 Å². The van der Waals surface area contributed by atoms with Crippen molar-refractivity contribution in [2.75, 3.05) is 7.11 Å². The predicted octanol–water partition coefficient (Wildman–Crippen LogP) is 2.19. The molecule has 1 fully saturated rings. The van der Waals surface area contributed by atoms with Crippen molar-refractivity contribution < 1.29 is 19.4 Å². The number of carboxylic acid groups (broad SMARTS) is 1. The number of amides is 1. The number of hydrogen-bond donors (Lipinski definition) is 2. The first-order chi connectivity index (χ1) is 10.6. The molecule has 1 saturated carbocycles. The van der Waals surface area contributed by atoms with Crippen molar-refractivity contribution in [1.82, 2.24) is 5.32 Å². The number of fused-ring (bicyclic) bond motifs is 1. The summed E-state index contributed by atoms with van der Waals surface area (Å²) < 4.78 is 5.38. The summed E-state index contributed by atoms with van der Waals surface area (Å²) in [5.74, 6) is -1.33. The molecular weight excluding hydrogens is 282 g/mol. The first-order valence-corrected chi connectivity index (χ1v) is 7.17. The van der Waals surface area contributed by atoms with E-state index in [4.69, 9.17) is 9.84 Å². The second-order valence-electron chi connectivity index (χ2n) is 5.47. The molecule has 5 heteroatoms. The standard InChI is InChI=1S/C17H17NO4/c1-22-15-7-6-10-4-2-3-5-11(10)14(15)9-18-16(19)12-8-13(12)17(20)21/h2-7,12-13H,8-9H2,1H3,(H,18,19)(H,20,21). The van der Waals surface area contributed by atoms with E-state index in [1.165, 1.54) is 0 Å². The molecule has 1 aliphatic rings. The van der Waals surface area contributed by atoms with Gasteiger partial charge in [-0.2, -0.15) is 0 Å². The Balaban J connectivity index is 1.79. The second-order valence-corrected chi connectivity index (χ2v) is 5.47. The Morgan fingerprint density at radius 2 is 2.00 bits per heavy atom. The van der Waals surface area contributed by atoms with Crippen LogP contribution in [0.4, 0.5) is 0 Å². The summed E-state index contributed by atoms with van der Waals surface area (Å²) in [6.45, 7) is 0.326. The number of carbonyl (C=O) groups excluding carboxylic acids is 1. The number of hydrogen-bond acceptors (Lipinski definition) is 3. The lowest BCUT2D eigenvalue weighted by molar-refractivity contribution is -0.140. The van der Waals surface area contributed by atoms with Crippen molar-refractivity contribution in [3.8, 4) is 5.75 Å². The van der Waals surface area contributed by atoms with E-state index in [9.17, 15) is 9.59 Å². The van der Waals surface area contributed by atoms with Crippen molar-refractivity contribution in [3.05, 3.63) is 42.0 Å². The molecule has 0 saturated heterocycles. The molecule has 22 heavy (non-hydrogen) atoms. The van der Waals surface area contributed by atoms with Gasteiger partial charge in [-0.15, -0.1) is 0 Å². The molecule has 0 radical (unpaired) electrons. The van der Waals surface area contributed by atoms with Crippen LogP contribution in [0.2, 0.25) is 0 Å². The molecule has 0 heterocycles. The minimum absolute atomic E-state index is 0.206. The minimum Gasteiger partial charge on any atom is -0.496 e. The van der Waals surface area contributed by atoms with E-state index in [1.807, 2.05) is 36.4 Å². The molecule has 0 spiro atoms. The monoisotopic (exact) mass is 299 g/mol. The van der Waals surface area contributed by atoms with E-state index in [2.05, 4.69) is 5.32 Å². The molecule has 2 aromatic rings. The normalized spacial score (nSPS) is 19.7. The van der Waals surface area contributed by atoms with Crippen LogP contribution in [0.1, 0.15) is 12.0 Å². The largest absolute Gasteiger partial charge is 0.496 e. The van der Waals surface area contributed by atoms with Gasteiger partial charge in [0.15, 0.2) is 0 Å². The molecule has 2 aromatic carbocycles. The van der Waals surface area contributed by atoms with Crippen molar-refractivity contribution in [2.45, 2.75) is 13.0 Å². The van der Waals surface area contributed by atoms with Gasteiger partial charge in [-0.3, -0.25) is 9.59 Å². The molecule has 2 atom stereocenters. The topological polar surface area (TPSA) is 75.6 Å². The average Bonchev–Trinajstić information content (AvgIpc) is 3.33. The van der Waals surface area contributed by atoms with Gasteiger partial charge in [0.25, 0.3) is 0 Å². The van der Waals surface area contributed by atoms with E-state index in [1.54, 1.807) is 7.11 Å². The highest BCUT2D eigenvalue weighted by atomic mass is 16.5. The maximum absolute atomic E-state index is 12.0. The average molecular weight is 299 g/mol. The zero-order valence-electron chi connectivity index (χ0n) is 12.2. The highest BCUT2D eigenvalue weighted by Crippen LogP contribution is 2.39. The van der Waals surface area contributed by atoms with Crippen LogP contribution < -0.4 is 10.1 Å². The molecule has 0 aromatic heterocycles. The summed E-state index contributed by atoms with van der Waals surface area (Å²) in [5.41, 5.74) is 0.904. The van der Waals surface area contributed by atoms with Crippen LogP contribution >= 0.6 is 0 Å². The van der Waals surface area contributed by atoms with Gasteiger partial charge in [-0.25, -0.2) is 0 Å². The zero-order valence-corrected chi connectivity index (χ0v) is 12.2. The Hall–Kier alpha value is -2.56. The molecule has 114 valence electrons. The van der Waals surface area contributed by atoms with Gasteiger partial charge in [0.05, 0.1) is 18.9 Å². The van der Waals surface area contributed by atoms with Crippen LogP contribution in [0.5, 0.6) is 5.75 Å². The lowest BCUT2D eigenvalue weighted by Gasteiger charge is -2.13. The fourth-order valence-electron chi connectivity index (χ4n) is 2.75. The third kappa shape index (κ3) is 2.62. The summed E-state index contributed by atoms with van der Waals surface area (Å²) >= 11 is 0. The van der Waals surface area contributed by atoms with Crippen LogP contribution in [0, 0.1) is 11.8 Å². The Morgan fingerprint density at radius 3 is 2.68 bits per heavy atom. The lowest BCUT2D eigenvalue weighted by Crippen LogP contribution is -2.26. The number of aliphatic carboxylic acids is 1. The van der Waals surface area contributed by atoms with Crippen LogP contribution in [0.3, 0.4) is 0 Å². The highest BCUT2D eigenvalue weighted by molar-refractivity contribution is 5.91. The van der Waals surface area contributed by atoms with Crippen molar-refractivity contribution >= 4 is 22.6 Å². The van der Waals surface area contributed by atoms with Gasteiger partial charge < -0.3 is 15.2 Å². The van der Waals surface area contributed by atoms with E-state index in [-0.39, 0.29) is 5.91 Å². The first-order valence-electron chi connectivity index (χ1n) is 7.17. The SMILES string of the molecule is COc1ccc2ccccc2c1CNC(=O)C1CC1C(=O)O. The molecule has 0 aliphatic heterocycles. The van der Waals surface area contributed by atoms with Crippen LogP contribution in [-0.2, 0) is 16.1 Å². The third-order valence-electron chi connectivity index (χ3n) is 4.10. The van der Waals surface area contributed by atoms with Gasteiger partial charge in [0, 0.05) is 12.1 Å². The molecule has 2 unspecified atom stereocenters. The van der Waals surface area contributed by atoms with Gasteiger partial charge in [0.2, 0.25) is 5.91 Å². The number of rotatable bonds is 5. The van der Waals surface area contributed by atoms with Crippen LogP contribution in [0.25, 0.3) is 10.8 Å². The number of nitrogens with one attached hydrogen (secondary N) is 1. The molecule has 0 bridgehead atoms. The quantitative estimate of drug-likeness (QED) is 0.887. The molecule has 1 aliphatic carbocycles. The van der Waals surface area contributed by atoms with Crippen molar-refractivity contribution in [2.24, 2.45) is 11.8 Å². The van der Waals surface area contributed by atoms with E-state index >= 15 is 0 Å². The van der Waals surface area contributed by atoms with E-state index < -0.39 is 17.8 Å². The number of carbonyl (C=O) groups is 2. The maximum atomic E-state index is 12.0. The molecule has 1 amide bonds.